The standard InChI is InChI=1S/C11H14N4O3S/c1-7-8(2)14-18-10(7)15-19(16,17)11-9(12-3)5-4-6-13-11/h4-6,12,15H,1-3H3. The van der Waals surface area contributed by atoms with Crippen LogP contribution in [-0.4, -0.2) is 25.6 Å². The fourth-order valence-electron chi connectivity index (χ4n) is 1.48. The van der Waals surface area contributed by atoms with Crippen LogP contribution in [0, 0.1) is 13.8 Å². The Morgan fingerprint density at radius 2 is 2.05 bits per heavy atom. The molecule has 7 nitrogen and oxygen atoms in total. The Hall–Kier alpha value is -2.09. The van der Waals surface area contributed by atoms with Gasteiger partial charge in [0.25, 0.3) is 10.0 Å². The van der Waals surface area contributed by atoms with Crippen molar-refractivity contribution < 1.29 is 12.9 Å². The molecule has 2 aromatic rings. The Kier molecular flexibility index (Phi) is 3.43. The summed E-state index contributed by atoms with van der Waals surface area (Å²) in [6, 6.07) is 3.27. The summed E-state index contributed by atoms with van der Waals surface area (Å²) in [6.07, 6.45) is 1.41. The first-order chi connectivity index (χ1) is 8.95. The van der Waals surface area contributed by atoms with Crippen LogP contribution in [0.1, 0.15) is 11.3 Å². The molecular formula is C11H14N4O3S. The molecule has 2 N–H and O–H groups in total. The molecule has 0 fully saturated rings. The molecule has 0 radical (unpaired) electrons. The van der Waals surface area contributed by atoms with Crippen LogP contribution in [0.2, 0.25) is 0 Å². The van der Waals surface area contributed by atoms with Crippen molar-refractivity contribution in [2.45, 2.75) is 18.9 Å². The largest absolute Gasteiger partial charge is 0.386 e. The van der Waals surface area contributed by atoms with E-state index in [0.717, 1.165) is 0 Å². The van der Waals surface area contributed by atoms with Crippen molar-refractivity contribution in [3.63, 3.8) is 0 Å². The van der Waals surface area contributed by atoms with Crippen molar-refractivity contribution in [2.24, 2.45) is 0 Å². The highest BCUT2D eigenvalue weighted by atomic mass is 32.2. The maximum atomic E-state index is 12.2. The number of anilines is 2. The lowest BCUT2D eigenvalue weighted by molar-refractivity contribution is 0.430. The fraction of sp³-hybridized carbons (Fsp3) is 0.273. The zero-order chi connectivity index (χ0) is 14.0. The van der Waals surface area contributed by atoms with Crippen LogP contribution < -0.4 is 10.0 Å². The van der Waals surface area contributed by atoms with E-state index in [1.54, 1.807) is 33.0 Å². The first-order valence-electron chi connectivity index (χ1n) is 5.54. The summed E-state index contributed by atoms with van der Waals surface area (Å²) in [5, 5.41) is 6.39. The lowest BCUT2D eigenvalue weighted by atomic mass is 10.3. The molecule has 0 spiro atoms. The lowest BCUT2D eigenvalue weighted by Gasteiger charge is -2.09. The van der Waals surface area contributed by atoms with E-state index in [0.29, 0.717) is 16.9 Å². The molecule has 8 heteroatoms. The smallest absolute Gasteiger partial charge is 0.283 e. The second-order valence-corrected chi connectivity index (χ2v) is 5.53. The van der Waals surface area contributed by atoms with E-state index in [1.165, 1.54) is 6.20 Å². The van der Waals surface area contributed by atoms with E-state index in [4.69, 9.17) is 4.52 Å². The summed E-state index contributed by atoms with van der Waals surface area (Å²) in [7, 11) is -2.20. The van der Waals surface area contributed by atoms with Gasteiger partial charge in [-0.1, -0.05) is 5.16 Å². The van der Waals surface area contributed by atoms with E-state index in [1.807, 2.05) is 0 Å². The summed E-state index contributed by atoms with van der Waals surface area (Å²) in [4.78, 5) is 3.88. The highest BCUT2D eigenvalue weighted by Crippen LogP contribution is 2.24. The van der Waals surface area contributed by atoms with E-state index < -0.39 is 10.0 Å². The van der Waals surface area contributed by atoms with Gasteiger partial charge < -0.3 is 9.84 Å². The fourth-order valence-corrected chi connectivity index (χ4v) is 2.67. The molecular weight excluding hydrogens is 268 g/mol. The van der Waals surface area contributed by atoms with Crippen LogP contribution in [-0.2, 0) is 10.0 Å². The van der Waals surface area contributed by atoms with E-state index in [-0.39, 0.29) is 10.9 Å². The van der Waals surface area contributed by atoms with Gasteiger partial charge in [0.2, 0.25) is 5.88 Å². The number of hydrogen-bond acceptors (Lipinski definition) is 6. The van der Waals surface area contributed by atoms with Gasteiger partial charge in [0.1, 0.15) is 0 Å². The number of sulfonamides is 1. The highest BCUT2D eigenvalue weighted by molar-refractivity contribution is 7.92. The second-order valence-electron chi connectivity index (χ2n) is 3.93. The number of aryl methyl sites for hydroxylation is 1. The molecule has 0 atom stereocenters. The van der Waals surface area contributed by atoms with Crippen LogP contribution in [0.25, 0.3) is 0 Å². The third-order valence-corrected chi connectivity index (χ3v) is 3.97. The minimum Gasteiger partial charge on any atom is -0.386 e. The molecule has 0 unspecified atom stereocenters. The number of pyridine rings is 1. The average Bonchev–Trinajstić information content (AvgIpc) is 2.70. The van der Waals surface area contributed by atoms with Gasteiger partial charge >= 0.3 is 0 Å². The molecule has 0 aromatic carbocycles. The second kappa shape index (κ2) is 4.88. The minimum absolute atomic E-state index is 0.0917. The average molecular weight is 282 g/mol. The van der Waals surface area contributed by atoms with Gasteiger partial charge in [0.05, 0.1) is 11.4 Å². The third-order valence-electron chi connectivity index (χ3n) is 2.68. The van der Waals surface area contributed by atoms with Gasteiger partial charge in [0.15, 0.2) is 5.03 Å². The van der Waals surface area contributed by atoms with Gasteiger partial charge in [-0.05, 0) is 26.0 Å². The number of nitrogens with zero attached hydrogens (tertiary/aromatic N) is 2. The molecule has 0 saturated carbocycles. The van der Waals surface area contributed by atoms with E-state index >= 15 is 0 Å². The Balaban J connectivity index is 2.41. The molecule has 2 rings (SSSR count). The first kappa shape index (κ1) is 13.3. The third kappa shape index (κ3) is 2.53. The normalized spacial score (nSPS) is 11.3. The monoisotopic (exact) mass is 282 g/mol. The van der Waals surface area contributed by atoms with Crippen LogP contribution in [0.4, 0.5) is 11.6 Å². The summed E-state index contributed by atoms with van der Waals surface area (Å²) in [6.45, 7) is 3.46. The predicted molar refractivity (Wildman–Crippen MR) is 70.6 cm³/mol. The summed E-state index contributed by atoms with van der Waals surface area (Å²) < 4.78 is 31.8. The Bertz CT molecular complexity index is 694. The Morgan fingerprint density at radius 3 is 2.63 bits per heavy atom. The first-order valence-corrected chi connectivity index (χ1v) is 7.02. The maximum Gasteiger partial charge on any atom is 0.283 e. The number of hydrogen-bond donors (Lipinski definition) is 2. The number of aromatic nitrogens is 2. The van der Waals surface area contributed by atoms with Crippen molar-refractivity contribution in [3.8, 4) is 0 Å². The van der Waals surface area contributed by atoms with Gasteiger partial charge in [-0.25, -0.2) is 9.71 Å². The minimum atomic E-state index is -3.82. The Labute approximate surface area is 111 Å². The molecule has 0 amide bonds. The van der Waals surface area contributed by atoms with Crippen LogP contribution in [0.3, 0.4) is 0 Å². The van der Waals surface area contributed by atoms with Crippen molar-refractivity contribution in [2.75, 3.05) is 17.1 Å². The summed E-state index contributed by atoms with van der Waals surface area (Å²) in [5.74, 6) is 0.102. The molecule has 102 valence electrons. The van der Waals surface area contributed by atoms with Crippen LogP contribution in [0.5, 0.6) is 0 Å². The predicted octanol–water partition coefficient (Wildman–Crippen LogP) is 1.53. The number of rotatable bonds is 4. The van der Waals surface area contributed by atoms with Crippen molar-refractivity contribution in [3.05, 3.63) is 29.6 Å². The van der Waals surface area contributed by atoms with Gasteiger partial charge in [-0.2, -0.15) is 8.42 Å². The van der Waals surface area contributed by atoms with Crippen LogP contribution in [0.15, 0.2) is 27.9 Å². The van der Waals surface area contributed by atoms with Crippen molar-refractivity contribution >= 4 is 21.6 Å². The zero-order valence-corrected chi connectivity index (χ0v) is 11.6. The molecule has 19 heavy (non-hydrogen) atoms. The highest BCUT2D eigenvalue weighted by Gasteiger charge is 2.23. The van der Waals surface area contributed by atoms with E-state index in [9.17, 15) is 8.42 Å². The molecule has 0 bridgehead atoms. The molecule has 0 aliphatic rings. The molecule has 0 aliphatic heterocycles. The van der Waals surface area contributed by atoms with Gasteiger partial charge in [-0.15, -0.1) is 0 Å². The van der Waals surface area contributed by atoms with E-state index in [2.05, 4.69) is 20.2 Å². The quantitative estimate of drug-likeness (QED) is 0.882. The molecule has 2 heterocycles. The molecule has 2 aromatic heterocycles. The maximum absolute atomic E-state index is 12.2. The molecule has 0 saturated heterocycles. The summed E-state index contributed by atoms with van der Waals surface area (Å²) in [5.41, 5.74) is 1.68. The van der Waals surface area contributed by atoms with Crippen LogP contribution >= 0.6 is 0 Å². The Morgan fingerprint density at radius 1 is 1.32 bits per heavy atom. The lowest BCUT2D eigenvalue weighted by Crippen LogP contribution is -2.16. The van der Waals surface area contributed by atoms with Gasteiger partial charge in [0, 0.05) is 18.8 Å². The summed E-state index contributed by atoms with van der Waals surface area (Å²) >= 11 is 0. The van der Waals surface area contributed by atoms with Crippen molar-refractivity contribution in [1.82, 2.24) is 10.1 Å². The zero-order valence-electron chi connectivity index (χ0n) is 10.8. The van der Waals surface area contributed by atoms with Gasteiger partial charge in [-0.3, -0.25) is 0 Å². The van der Waals surface area contributed by atoms with Crippen molar-refractivity contribution in [1.29, 1.82) is 0 Å². The SMILES string of the molecule is CNc1cccnc1S(=O)(=O)Nc1onc(C)c1C. The number of nitrogens with one attached hydrogen (secondary N) is 2. The topological polar surface area (TPSA) is 97.1 Å². The molecule has 0 aliphatic carbocycles.